The molecule has 18 heavy (non-hydrogen) atoms. The molecular formula is C12H18N4O2. The van der Waals surface area contributed by atoms with Crippen LogP contribution in [0.2, 0.25) is 0 Å². The molecule has 0 aromatic carbocycles. The monoisotopic (exact) mass is 250 g/mol. The highest BCUT2D eigenvalue weighted by Gasteiger charge is 2.27. The van der Waals surface area contributed by atoms with Gasteiger partial charge in [0.25, 0.3) is 0 Å². The van der Waals surface area contributed by atoms with Gasteiger partial charge in [0.15, 0.2) is 5.84 Å². The lowest BCUT2D eigenvalue weighted by Crippen LogP contribution is -2.43. The molecule has 0 atom stereocenters. The zero-order chi connectivity index (χ0) is 13.0. The Hall–Kier alpha value is -1.82. The third-order valence-corrected chi connectivity index (χ3v) is 3.30. The highest BCUT2D eigenvalue weighted by molar-refractivity contribution is 6.01. The summed E-state index contributed by atoms with van der Waals surface area (Å²) >= 11 is 0. The number of oxime groups is 1. The highest BCUT2D eigenvalue weighted by atomic mass is 16.4. The van der Waals surface area contributed by atoms with Crippen LogP contribution in [-0.2, 0) is 0 Å². The van der Waals surface area contributed by atoms with Crippen molar-refractivity contribution in [3.63, 3.8) is 0 Å². The van der Waals surface area contributed by atoms with E-state index >= 15 is 0 Å². The zero-order valence-electron chi connectivity index (χ0n) is 10.2. The molecule has 0 unspecified atom stereocenters. The van der Waals surface area contributed by atoms with E-state index < -0.39 is 0 Å². The summed E-state index contributed by atoms with van der Waals surface area (Å²) in [6.07, 6.45) is 5.04. The molecule has 0 aliphatic heterocycles. The Kier molecular flexibility index (Phi) is 3.99. The number of hydrogen-bond acceptors (Lipinski definition) is 5. The lowest BCUT2D eigenvalue weighted by molar-refractivity contribution is 0.283. The first-order valence-corrected chi connectivity index (χ1v) is 6.08. The predicted octanol–water partition coefficient (Wildman–Crippen LogP) is 0.527. The Bertz CT molecular complexity index is 432. The van der Waals surface area contributed by atoms with Gasteiger partial charge < -0.3 is 20.9 Å². The van der Waals surface area contributed by atoms with Crippen LogP contribution >= 0.6 is 0 Å². The van der Waals surface area contributed by atoms with Crippen LogP contribution in [0.15, 0.2) is 23.5 Å². The summed E-state index contributed by atoms with van der Waals surface area (Å²) in [7, 11) is 0. The molecule has 1 fully saturated rings. The van der Waals surface area contributed by atoms with Crippen molar-refractivity contribution >= 4 is 11.7 Å². The predicted molar refractivity (Wildman–Crippen MR) is 68.8 cm³/mol. The van der Waals surface area contributed by atoms with Crippen molar-refractivity contribution in [1.82, 2.24) is 4.98 Å². The molecule has 1 aliphatic carbocycles. The molecule has 1 saturated carbocycles. The van der Waals surface area contributed by atoms with E-state index in [0.717, 1.165) is 12.8 Å². The number of rotatable bonds is 5. The van der Waals surface area contributed by atoms with Crippen LogP contribution in [0.4, 0.5) is 5.82 Å². The third kappa shape index (κ3) is 2.38. The van der Waals surface area contributed by atoms with Crippen molar-refractivity contribution in [3.05, 3.63) is 23.9 Å². The molecule has 98 valence electrons. The van der Waals surface area contributed by atoms with E-state index in [1.165, 1.54) is 6.42 Å². The molecule has 0 spiro atoms. The molecule has 6 nitrogen and oxygen atoms in total. The van der Waals surface area contributed by atoms with Crippen molar-refractivity contribution in [3.8, 4) is 0 Å². The van der Waals surface area contributed by atoms with Crippen LogP contribution in [0, 0.1) is 0 Å². The number of nitrogens with zero attached hydrogens (tertiary/aromatic N) is 3. The average Bonchev–Trinajstić information content (AvgIpc) is 2.35. The largest absolute Gasteiger partial charge is 0.409 e. The molecule has 1 aromatic heterocycles. The molecular weight excluding hydrogens is 232 g/mol. The SMILES string of the molecule is N/C(=N/O)c1cccnc1N(CCO)C1CCC1. The number of aliphatic hydroxyl groups excluding tert-OH is 1. The summed E-state index contributed by atoms with van der Waals surface area (Å²) in [6.45, 7) is 0.566. The quantitative estimate of drug-likeness (QED) is 0.306. The lowest BCUT2D eigenvalue weighted by Gasteiger charge is -2.38. The maximum atomic E-state index is 9.17. The minimum Gasteiger partial charge on any atom is -0.409 e. The van der Waals surface area contributed by atoms with Crippen molar-refractivity contribution in [2.24, 2.45) is 10.9 Å². The van der Waals surface area contributed by atoms with Crippen LogP contribution < -0.4 is 10.6 Å². The van der Waals surface area contributed by atoms with Gasteiger partial charge in [-0.3, -0.25) is 0 Å². The molecule has 2 rings (SSSR count). The molecule has 1 aliphatic rings. The molecule has 1 aromatic rings. The van der Waals surface area contributed by atoms with Gasteiger partial charge in [0.05, 0.1) is 12.2 Å². The summed E-state index contributed by atoms with van der Waals surface area (Å²) < 4.78 is 0. The number of pyridine rings is 1. The van der Waals surface area contributed by atoms with Gasteiger partial charge in [-0.15, -0.1) is 0 Å². The second-order valence-corrected chi connectivity index (χ2v) is 4.36. The molecule has 0 bridgehead atoms. The zero-order valence-corrected chi connectivity index (χ0v) is 10.2. The van der Waals surface area contributed by atoms with E-state index in [9.17, 15) is 5.11 Å². The van der Waals surface area contributed by atoms with E-state index in [4.69, 9.17) is 10.9 Å². The third-order valence-electron chi connectivity index (χ3n) is 3.30. The van der Waals surface area contributed by atoms with E-state index in [1.54, 1.807) is 18.3 Å². The number of nitrogens with two attached hydrogens (primary N) is 1. The van der Waals surface area contributed by atoms with E-state index in [0.29, 0.717) is 24.0 Å². The van der Waals surface area contributed by atoms with E-state index in [1.807, 2.05) is 4.90 Å². The van der Waals surface area contributed by atoms with Gasteiger partial charge in [0.2, 0.25) is 0 Å². The number of hydrogen-bond donors (Lipinski definition) is 3. The van der Waals surface area contributed by atoms with E-state index in [-0.39, 0.29) is 12.4 Å². The maximum absolute atomic E-state index is 9.17. The minimum atomic E-state index is 0.0420. The van der Waals surface area contributed by atoms with E-state index in [2.05, 4.69) is 10.1 Å². The smallest absolute Gasteiger partial charge is 0.173 e. The highest BCUT2D eigenvalue weighted by Crippen LogP contribution is 2.29. The second-order valence-electron chi connectivity index (χ2n) is 4.36. The summed E-state index contributed by atoms with van der Waals surface area (Å²) in [6, 6.07) is 3.90. The summed E-state index contributed by atoms with van der Waals surface area (Å²) in [5.74, 6) is 0.715. The van der Waals surface area contributed by atoms with Gasteiger partial charge in [-0.25, -0.2) is 4.98 Å². The summed E-state index contributed by atoms with van der Waals surface area (Å²) in [5, 5.41) is 21.0. The summed E-state index contributed by atoms with van der Waals surface area (Å²) in [5.41, 5.74) is 6.26. The molecule has 4 N–H and O–H groups in total. The van der Waals surface area contributed by atoms with Crippen LogP contribution in [0.5, 0.6) is 0 Å². The van der Waals surface area contributed by atoms with Crippen LogP contribution in [0.1, 0.15) is 24.8 Å². The number of aromatic nitrogens is 1. The number of aliphatic hydroxyl groups is 1. The molecule has 1 heterocycles. The average molecular weight is 250 g/mol. The van der Waals surface area contributed by atoms with Gasteiger partial charge in [0.1, 0.15) is 5.82 Å². The van der Waals surface area contributed by atoms with Gasteiger partial charge in [0, 0.05) is 18.8 Å². The van der Waals surface area contributed by atoms with Crippen LogP contribution in [-0.4, -0.2) is 40.3 Å². The Morgan fingerprint density at radius 2 is 2.33 bits per heavy atom. The normalized spacial score (nSPS) is 16.4. The van der Waals surface area contributed by atoms with Crippen molar-refractivity contribution in [2.45, 2.75) is 25.3 Å². The first-order chi connectivity index (χ1) is 8.77. The first kappa shape index (κ1) is 12.6. The van der Waals surface area contributed by atoms with Crippen molar-refractivity contribution in [1.29, 1.82) is 0 Å². The fourth-order valence-corrected chi connectivity index (χ4v) is 2.15. The standard InChI is InChI=1S/C12H18N4O2/c13-11(15-18)10-5-2-6-14-12(10)16(7-8-17)9-3-1-4-9/h2,5-6,9,17-18H,1,3-4,7-8H2,(H2,13,15). The number of amidine groups is 1. The molecule has 0 radical (unpaired) electrons. The van der Waals surface area contributed by atoms with Crippen LogP contribution in [0.3, 0.4) is 0 Å². The second kappa shape index (κ2) is 5.68. The molecule has 6 heteroatoms. The fraction of sp³-hybridized carbons (Fsp3) is 0.500. The topological polar surface area (TPSA) is 95.0 Å². The number of anilines is 1. The summed E-state index contributed by atoms with van der Waals surface area (Å²) in [4.78, 5) is 6.35. The van der Waals surface area contributed by atoms with Gasteiger partial charge >= 0.3 is 0 Å². The van der Waals surface area contributed by atoms with Crippen LogP contribution in [0.25, 0.3) is 0 Å². The van der Waals surface area contributed by atoms with Gasteiger partial charge in [-0.2, -0.15) is 0 Å². The molecule has 0 saturated heterocycles. The Balaban J connectivity index is 2.34. The minimum absolute atomic E-state index is 0.0420. The van der Waals surface area contributed by atoms with Crippen molar-refractivity contribution < 1.29 is 10.3 Å². The van der Waals surface area contributed by atoms with Gasteiger partial charge in [-0.05, 0) is 31.4 Å². The molecule has 0 amide bonds. The maximum Gasteiger partial charge on any atom is 0.173 e. The first-order valence-electron chi connectivity index (χ1n) is 6.08. The Morgan fingerprint density at radius 1 is 1.56 bits per heavy atom. The van der Waals surface area contributed by atoms with Gasteiger partial charge in [-0.1, -0.05) is 5.16 Å². The van der Waals surface area contributed by atoms with Crippen molar-refractivity contribution in [2.75, 3.05) is 18.1 Å². The Morgan fingerprint density at radius 3 is 2.89 bits per heavy atom. The Labute approximate surface area is 106 Å². The lowest BCUT2D eigenvalue weighted by atomic mass is 9.91. The fourth-order valence-electron chi connectivity index (χ4n) is 2.15.